The molecule has 1 aliphatic rings. The van der Waals surface area contributed by atoms with Crippen molar-refractivity contribution in [2.24, 2.45) is 0 Å². The minimum atomic E-state index is -0.504. The predicted octanol–water partition coefficient (Wildman–Crippen LogP) is 1.09. The lowest BCUT2D eigenvalue weighted by molar-refractivity contribution is -0.384. The molecule has 0 saturated carbocycles. The number of hydrogen-bond donors (Lipinski definition) is 0. The molecule has 20 heavy (non-hydrogen) atoms. The third-order valence-corrected chi connectivity index (χ3v) is 3.40. The van der Waals surface area contributed by atoms with E-state index in [9.17, 15) is 10.1 Å². The summed E-state index contributed by atoms with van der Waals surface area (Å²) in [5, 5.41) is 29.2. The molecule has 0 bridgehead atoms. The standard InChI is InChI=1S/C13H13N5O2/c1-16-2-4-17(5-3-16)12-6-10(8-14)11(9-15)7-13(12)18(19)20/h6-7H,2-5H2,1H3. The topological polar surface area (TPSA) is 97.2 Å². The molecular formula is C13H13N5O2. The second-order valence-electron chi connectivity index (χ2n) is 4.66. The smallest absolute Gasteiger partial charge is 0.293 e. The summed E-state index contributed by atoms with van der Waals surface area (Å²) in [6.45, 7) is 2.93. The minimum absolute atomic E-state index is 0.0390. The quantitative estimate of drug-likeness (QED) is 0.590. The van der Waals surface area contributed by atoms with Crippen LogP contribution in [0.15, 0.2) is 12.1 Å². The summed E-state index contributed by atoms with van der Waals surface area (Å²) in [5.41, 5.74) is 0.507. The highest BCUT2D eigenvalue weighted by Crippen LogP contribution is 2.31. The monoisotopic (exact) mass is 271 g/mol. The molecule has 0 atom stereocenters. The molecule has 0 N–H and O–H groups in total. The van der Waals surface area contributed by atoms with Gasteiger partial charge in [0, 0.05) is 32.2 Å². The molecule has 0 aliphatic carbocycles. The molecule has 102 valence electrons. The Morgan fingerprint density at radius 1 is 1.15 bits per heavy atom. The number of anilines is 1. The van der Waals surface area contributed by atoms with Crippen LogP contribution < -0.4 is 4.90 Å². The van der Waals surface area contributed by atoms with Crippen molar-refractivity contribution >= 4 is 11.4 Å². The lowest BCUT2D eigenvalue weighted by Gasteiger charge is -2.33. The van der Waals surface area contributed by atoms with Crippen molar-refractivity contribution in [2.45, 2.75) is 0 Å². The maximum atomic E-state index is 11.2. The Balaban J connectivity index is 2.48. The summed E-state index contributed by atoms with van der Waals surface area (Å²) in [6, 6.07) is 6.38. The summed E-state index contributed by atoms with van der Waals surface area (Å²) < 4.78 is 0. The van der Waals surface area contributed by atoms with Crippen LogP contribution in [0.5, 0.6) is 0 Å². The van der Waals surface area contributed by atoms with Crippen LogP contribution in [-0.4, -0.2) is 43.0 Å². The second kappa shape index (κ2) is 5.55. The van der Waals surface area contributed by atoms with Gasteiger partial charge in [-0.05, 0) is 13.1 Å². The van der Waals surface area contributed by atoms with E-state index in [1.54, 1.807) is 0 Å². The lowest BCUT2D eigenvalue weighted by atomic mass is 10.1. The first-order chi connectivity index (χ1) is 9.56. The molecule has 0 aromatic heterocycles. The molecule has 1 aromatic carbocycles. The third kappa shape index (κ3) is 2.53. The first kappa shape index (κ1) is 13.8. The van der Waals surface area contributed by atoms with Crippen LogP contribution in [-0.2, 0) is 0 Å². The number of hydrogen-bond acceptors (Lipinski definition) is 6. The fraction of sp³-hybridized carbons (Fsp3) is 0.385. The number of benzene rings is 1. The van der Waals surface area contributed by atoms with Gasteiger partial charge < -0.3 is 9.80 Å². The molecule has 2 rings (SSSR count). The number of nitro benzene ring substituents is 1. The van der Waals surface area contributed by atoms with E-state index in [1.807, 2.05) is 24.1 Å². The van der Waals surface area contributed by atoms with Crippen molar-refractivity contribution in [1.29, 1.82) is 10.5 Å². The molecular weight excluding hydrogens is 258 g/mol. The van der Waals surface area contributed by atoms with Crippen molar-refractivity contribution in [2.75, 3.05) is 38.1 Å². The molecule has 0 unspecified atom stereocenters. The van der Waals surface area contributed by atoms with Crippen molar-refractivity contribution in [3.8, 4) is 12.1 Å². The van der Waals surface area contributed by atoms with Gasteiger partial charge in [0.25, 0.3) is 5.69 Å². The average Bonchev–Trinajstić information content (AvgIpc) is 2.46. The molecule has 1 saturated heterocycles. The molecule has 1 fully saturated rings. The first-order valence-corrected chi connectivity index (χ1v) is 6.13. The van der Waals surface area contributed by atoms with E-state index in [0.717, 1.165) is 13.1 Å². The number of nitrogens with zero attached hydrogens (tertiary/aromatic N) is 5. The number of piperazine rings is 1. The van der Waals surface area contributed by atoms with Crippen molar-refractivity contribution in [3.05, 3.63) is 33.4 Å². The molecule has 7 heteroatoms. The Labute approximate surface area is 116 Å². The van der Waals surface area contributed by atoms with Crippen molar-refractivity contribution in [3.63, 3.8) is 0 Å². The average molecular weight is 271 g/mol. The van der Waals surface area contributed by atoms with Crippen molar-refractivity contribution < 1.29 is 4.92 Å². The predicted molar refractivity (Wildman–Crippen MR) is 72.2 cm³/mol. The zero-order chi connectivity index (χ0) is 14.7. The number of likely N-dealkylation sites (N-methyl/N-ethyl adjacent to an activating group) is 1. The van der Waals surface area contributed by atoms with E-state index in [0.29, 0.717) is 18.8 Å². The highest BCUT2D eigenvalue weighted by atomic mass is 16.6. The minimum Gasteiger partial charge on any atom is -0.363 e. The summed E-state index contributed by atoms with van der Waals surface area (Å²) in [5.74, 6) is 0. The van der Waals surface area contributed by atoms with Crippen LogP contribution in [0.4, 0.5) is 11.4 Å². The Bertz CT molecular complexity index is 621. The van der Waals surface area contributed by atoms with Gasteiger partial charge in [-0.15, -0.1) is 0 Å². The van der Waals surface area contributed by atoms with Crippen LogP contribution in [0.2, 0.25) is 0 Å². The van der Waals surface area contributed by atoms with Crippen LogP contribution in [0, 0.1) is 32.8 Å². The molecule has 1 aromatic rings. The highest BCUT2D eigenvalue weighted by molar-refractivity contribution is 5.70. The molecule has 0 spiro atoms. The summed E-state index contributed by atoms with van der Waals surface area (Å²) in [7, 11) is 1.99. The van der Waals surface area contributed by atoms with Gasteiger partial charge in [0.15, 0.2) is 0 Å². The Hall–Kier alpha value is -2.64. The first-order valence-electron chi connectivity index (χ1n) is 6.13. The normalized spacial score (nSPS) is 15.4. The van der Waals surface area contributed by atoms with Gasteiger partial charge >= 0.3 is 0 Å². The zero-order valence-electron chi connectivity index (χ0n) is 11.0. The van der Waals surface area contributed by atoms with Crippen LogP contribution >= 0.6 is 0 Å². The van der Waals surface area contributed by atoms with Gasteiger partial charge in [-0.3, -0.25) is 10.1 Å². The SMILES string of the molecule is CN1CCN(c2cc(C#N)c(C#N)cc2[N+](=O)[O-])CC1. The second-order valence-corrected chi connectivity index (χ2v) is 4.66. The van der Waals surface area contributed by atoms with Gasteiger partial charge in [-0.1, -0.05) is 0 Å². The van der Waals surface area contributed by atoms with Gasteiger partial charge in [-0.25, -0.2) is 0 Å². The largest absolute Gasteiger partial charge is 0.363 e. The fourth-order valence-corrected chi connectivity index (χ4v) is 2.21. The highest BCUT2D eigenvalue weighted by Gasteiger charge is 2.25. The molecule has 0 amide bonds. The Morgan fingerprint density at radius 3 is 2.20 bits per heavy atom. The summed E-state index contributed by atoms with van der Waals surface area (Å²) in [6.07, 6.45) is 0. The molecule has 7 nitrogen and oxygen atoms in total. The van der Waals surface area contributed by atoms with E-state index in [2.05, 4.69) is 4.90 Å². The van der Waals surface area contributed by atoms with Crippen LogP contribution in [0.25, 0.3) is 0 Å². The Kier molecular flexibility index (Phi) is 3.83. The van der Waals surface area contributed by atoms with Gasteiger partial charge in [0.05, 0.1) is 16.1 Å². The van der Waals surface area contributed by atoms with Gasteiger partial charge in [0.1, 0.15) is 17.8 Å². The van der Waals surface area contributed by atoms with E-state index in [4.69, 9.17) is 10.5 Å². The number of nitriles is 2. The summed E-state index contributed by atoms with van der Waals surface area (Å²) >= 11 is 0. The third-order valence-electron chi connectivity index (χ3n) is 3.40. The fourth-order valence-electron chi connectivity index (χ4n) is 2.21. The van der Waals surface area contributed by atoms with Gasteiger partial charge in [-0.2, -0.15) is 10.5 Å². The van der Waals surface area contributed by atoms with E-state index >= 15 is 0 Å². The maximum absolute atomic E-state index is 11.2. The number of rotatable bonds is 2. The Morgan fingerprint density at radius 2 is 1.70 bits per heavy atom. The molecule has 1 aliphatic heterocycles. The molecule has 0 radical (unpaired) electrons. The van der Waals surface area contributed by atoms with Crippen molar-refractivity contribution in [1.82, 2.24) is 4.90 Å². The van der Waals surface area contributed by atoms with Gasteiger partial charge in [0.2, 0.25) is 0 Å². The summed E-state index contributed by atoms with van der Waals surface area (Å²) in [4.78, 5) is 14.7. The molecule has 1 heterocycles. The van der Waals surface area contributed by atoms with E-state index < -0.39 is 4.92 Å². The maximum Gasteiger partial charge on any atom is 0.293 e. The van der Waals surface area contributed by atoms with Crippen LogP contribution in [0.1, 0.15) is 11.1 Å². The van der Waals surface area contributed by atoms with Crippen LogP contribution in [0.3, 0.4) is 0 Å². The zero-order valence-corrected chi connectivity index (χ0v) is 11.0. The van der Waals surface area contributed by atoms with E-state index in [-0.39, 0.29) is 16.8 Å². The lowest BCUT2D eigenvalue weighted by Crippen LogP contribution is -2.44. The number of nitro groups is 1. The van der Waals surface area contributed by atoms with E-state index in [1.165, 1.54) is 12.1 Å².